The Kier molecular flexibility index (Phi) is 5.31. The van der Waals surface area contributed by atoms with Crippen LogP contribution in [0.2, 0.25) is 0 Å². The van der Waals surface area contributed by atoms with Gasteiger partial charge in [0.2, 0.25) is 0 Å². The number of anilines is 1. The van der Waals surface area contributed by atoms with E-state index in [1.165, 1.54) is 11.3 Å². The second kappa shape index (κ2) is 7.62. The number of rotatable bonds is 5. The molecule has 2 aromatic carbocycles. The standard InChI is InChI=1S/C20H26N2O/c1-17(23)14-20-16-22(19-10-6-3-7-11-19)13-12-21(20)15-18-8-4-2-5-9-18/h2-11,17,20,23H,12-16H2,1H3/t17-,20-/m1/s1. The maximum atomic E-state index is 9.90. The largest absolute Gasteiger partial charge is 0.393 e. The van der Waals surface area contributed by atoms with E-state index in [1.54, 1.807) is 0 Å². The number of nitrogens with zero attached hydrogens (tertiary/aromatic N) is 2. The predicted octanol–water partition coefficient (Wildman–Crippen LogP) is 3.15. The molecule has 1 aliphatic rings. The van der Waals surface area contributed by atoms with E-state index in [1.807, 2.05) is 6.92 Å². The summed E-state index contributed by atoms with van der Waals surface area (Å²) in [6.45, 7) is 5.89. The second-order valence-electron chi connectivity index (χ2n) is 6.48. The van der Waals surface area contributed by atoms with Gasteiger partial charge in [-0.1, -0.05) is 48.5 Å². The molecular weight excluding hydrogens is 284 g/mol. The number of aliphatic hydroxyl groups is 1. The average molecular weight is 310 g/mol. The monoisotopic (exact) mass is 310 g/mol. The fourth-order valence-corrected chi connectivity index (χ4v) is 3.41. The summed E-state index contributed by atoms with van der Waals surface area (Å²) in [5, 5.41) is 9.90. The Balaban J connectivity index is 1.71. The van der Waals surface area contributed by atoms with E-state index in [-0.39, 0.29) is 6.10 Å². The highest BCUT2D eigenvalue weighted by atomic mass is 16.3. The smallest absolute Gasteiger partial charge is 0.0527 e. The van der Waals surface area contributed by atoms with Crippen LogP contribution in [0.5, 0.6) is 0 Å². The van der Waals surface area contributed by atoms with Crippen molar-refractivity contribution in [3.63, 3.8) is 0 Å². The number of aliphatic hydroxyl groups excluding tert-OH is 1. The van der Waals surface area contributed by atoms with Gasteiger partial charge in [0, 0.05) is 37.9 Å². The summed E-state index contributed by atoms with van der Waals surface area (Å²) in [6.07, 6.45) is 0.546. The topological polar surface area (TPSA) is 26.7 Å². The Morgan fingerprint density at radius 1 is 1.00 bits per heavy atom. The first-order chi connectivity index (χ1) is 11.2. The molecule has 1 fully saturated rings. The minimum atomic E-state index is -0.269. The summed E-state index contributed by atoms with van der Waals surface area (Å²) in [7, 11) is 0. The normalized spacial score (nSPS) is 20.4. The van der Waals surface area contributed by atoms with Crippen LogP contribution in [-0.4, -0.2) is 41.8 Å². The zero-order valence-electron chi connectivity index (χ0n) is 13.8. The van der Waals surface area contributed by atoms with Gasteiger partial charge in [-0.25, -0.2) is 0 Å². The quantitative estimate of drug-likeness (QED) is 0.919. The molecule has 0 radical (unpaired) electrons. The van der Waals surface area contributed by atoms with Crippen LogP contribution in [0.15, 0.2) is 60.7 Å². The number of benzene rings is 2. The Hall–Kier alpha value is -1.84. The van der Waals surface area contributed by atoms with E-state index in [9.17, 15) is 5.11 Å². The van der Waals surface area contributed by atoms with Gasteiger partial charge in [-0.2, -0.15) is 0 Å². The van der Waals surface area contributed by atoms with Crippen LogP contribution in [0, 0.1) is 0 Å². The SMILES string of the molecule is C[C@@H](O)C[C@@H]1CN(c2ccccc2)CCN1Cc1ccccc1. The number of hydrogen-bond acceptors (Lipinski definition) is 3. The van der Waals surface area contributed by atoms with E-state index in [2.05, 4.69) is 70.5 Å². The van der Waals surface area contributed by atoms with E-state index >= 15 is 0 Å². The zero-order chi connectivity index (χ0) is 16.1. The van der Waals surface area contributed by atoms with Gasteiger partial charge in [-0.15, -0.1) is 0 Å². The molecule has 0 amide bonds. The molecule has 0 unspecified atom stereocenters. The van der Waals surface area contributed by atoms with E-state index in [4.69, 9.17) is 0 Å². The predicted molar refractivity (Wildman–Crippen MR) is 95.6 cm³/mol. The van der Waals surface area contributed by atoms with Crippen LogP contribution >= 0.6 is 0 Å². The lowest BCUT2D eigenvalue weighted by molar-refractivity contribution is 0.0984. The molecule has 3 heteroatoms. The molecule has 0 bridgehead atoms. The first-order valence-electron chi connectivity index (χ1n) is 8.48. The van der Waals surface area contributed by atoms with Crippen LogP contribution in [-0.2, 0) is 6.54 Å². The molecule has 1 saturated heterocycles. The third kappa shape index (κ3) is 4.34. The molecule has 1 heterocycles. The number of hydrogen-bond donors (Lipinski definition) is 1. The molecule has 23 heavy (non-hydrogen) atoms. The molecule has 0 saturated carbocycles. The highest BCUT2D eigenvalue weighted by Gasteiger charge is 2.28. The lowest BCUT2D eigenvalue weighted by Gasteiger charge is -2.43. The average Bonchev–Trinajstić information content (AvgIpc) is 2.58. The van der Waals surface area contributed by atoms with E-state index < -0.39 is 0 Å². The number of piperazine rings is 1. The summed E-state index contributed by atoms with van der Waals surface area (Å²) in [5.74, 6) is 0. The lowest BCUT2D eigenvalue weighted by atomic mass is 10.0. The Bertz CT molecular complexity index is 585. The third-order valence-electron chi connectivity index (χ3n) is 4.57. The van der Waals surface area contributed by atoms with Gasteiger partial charge >= 0.3 is 0 Å². The minimum Gasteiger partial charge on any atom is -0.393 e. The molecule has 2 atom stereocenters. The summed E-state index contributed by atoms with van der Waals surface area (Å²) in [4.78, 5) is 4.95. The molecular formula is C20H26N2O. The maximum absolute atomic E-state index is 9.90. The van der Waals surface area contributed by atoms with Gasteiger partial charge in [0.15, 0.2) is 0 Å². The molecule has 122 valence electrons. The van der Waals surface area contributed by atoms with E-state index in [0.29, 0.717) is 6.04 Å². The zero-order valence-corrected chi connectivity index (χ0v) is 13.8. The Labute approximate surface area is 139 Å². The molecule has 2 aromatic rings. The highest BCUT2D eigenvalue weighted by Crippen LogP contribution is 2.22. The summed E-state index contributed by atoms with van der Waals surface area (Å²) < 4.78 is 0. The highest BCUT2D eigenvalue weighted by molar-refractivity contribution is 5.46. The summed E-state index contributed by atoms with van der Waals surface area (Å²) in [6, 6.07) is 21.6. The fourth-order valence-electron chi connectivity index (χ4n) is 3.41. The molecule has 3 nitrogen and oxygen atoms in total. The van der Waals surface area contributed by atoms with Gasteiger partial charge in [0.1, 0.15) is 0 Å². The van der Waals surface area contributed by atoms with Crippen molar-refractivity contribution in [2.75, 3.05) is 24.5 Å². The first-order valence-corrected chi connectivity index (χ1v) is 8.48. The van der Waals surface area contributed by atoms with Crippen molar-refractivity contribution in [2.45, 2.75) is 32.0 Å². The van der Waals surface area contributed by atoms with Crippen molar-refractivity contribution in [1.29, 1.82) is 0 Å². The van der Waals surface area contributed by atoms with Crippen LogP contribution in [0.1, 0.15) is 18.9 Å². The van der Waals surface area contributed by atoms with Gasteiger partial charge in [0.05, 0.1) is 6.10 Å². The van der Waals surface area contributed by atoms with Gasteiger partial charge in [0.25, 0.3) is 0 Å². The lowest BCUT2D eigenvalue weighted by Crippen LogP contribution is -2.53. The van der Waals surface area contributed by atoms with E-state index in [0.717, 1.165) is 32.6 Å². The minimum absolute atomic E-state index is 0.269. The van der Waals surface area contributed by atoms with Crippen molar-refractivity contribution in [1.82, 2.24) is 4.90 Å². The van der Waals surface area contributed by atoms with Crippen molar-refractivity contribution in [2.24, 2.45) is 0 Å². The summed E-state index contributed by atoms with van der Waals surface area (Å²) >= 11 is 0. The van der Waals surface area contributed by atoms with Gasteiger partial charge in [-0.05, 0) is 31.0 Å². The van der Waals surface area contributed by atoms with Crippen molar-refractivity contribution >= 4 is 5.69 Å². The molecule has 0 aromatic heterocycles. The molecule has 0 aliphatic carbocycles. The van der Waals surface area contributed by atoms with Crippen molar-refractivity contribution < 1.29 is 5.11 Å². The molecule has 0 spiro atoms. The second-order valence-corrected chi connectivity index (χ2v) is 6.48. The molecule has 1 aliphatic heterocycles. The van der Waals surface area contributed by atoms with Gasteiger partial charge in [-0.3, -0.25) is 4.90 Å². The van der Waals surface area contributed by atoms with Crippen molar-refractivity contribution in [3.8, 4) is 0 Å². The molecule has 1 N–H and O–H groups in total. The van der Waals surface area contributed by atoms with Crippen LogP contribution in [0.3, 0.4) is 0 Å². The fraction of sp³-hybridized carbons (Fsp3) is 0.400. The third-order valence-corrected chi connectivity index (χ3v) is 4.57. The van der Waals surface area contributed by atoms with Gasteiger partial charge < -0.3 is 10.0 Å². The summed E-state index contributed by atoms with van der Waals surface area (Å²) in [5.41, 5.74) is 2.62. The number of para-hydroxylation sites is 1. The van der Waals surface area contributed by atoms with Crippen LogP contribution < -0.4 is 4.90 Å². The first kappa shape index (κ1) is 16.0. The maximum Gasteiger partial charge on any atom is 0.0527 e. The van der Waals surface area contributed by atoms with Crippen LogP contribution in [0.25, 0.3) is 0 Å². The van der Waals surface area contributed by atoms with Crippen LogP contribution in [0.4, 0.5) is 5.69 Å². The molecule has 3 rings (SSSR count). The van der Waals surface area contributed by atoms with Crippen molar-refractivity contribution in [3.05, 3.63) is 66.2 Å². The Morgan fingerprint density at radius 3 is 2.30 bits per heavy atom. The Morgan fingerprint density at radius 2 is 1.65 bits per heavy atom.